The number of amides is 1. The first-order valence-corrected chi connectivity index (χ1v) is 6.69. The Hall–Kier alpha value is -1.01. The lowest BCUT2D eigenvalue weighted by Gasteiger charge is -2.07. The molecule has 0 radical (unpaired) electrons. The Bertz CT molecular complexity index is 375. The fourth-order valence-electron chi connectivity index (χ4n) is 1.83. The lowest BCUT2D eigenvalue weighted by molar-refractivity contribution is -0.122. The van der Waals surface area contributed by atoms with E-state index in [1.807, 2.05) is 6.92 Å². The zero-order valence-electron chi connectivity index (χ0n) is 9.94. The van der Waals surface area contributed by atoms with E-state index in [4.69, 9.17) is 4.74 Å². The molecule has 1 aromatic heterocycles. The van der Waals surface area contributed by atoms with Gasteiger partial charge in [-0.2, -0.15) is 0 Å². The molecule has 0 aliphatic carbocycles. The lowest BCUT2D eigenvalue weighted by Crippen LogP contribution is -2.27. The Labute approximate surface area is 105 Å². The maximum atomic E-state index is 11.6. The van der Waals surface area contributed by atoms with Gasteiger partial charge in [-0.1, -0.05) is 0 Å². The molecular formula is C11H17N3O2S. The number of hydrogen-bond donors (Lipinski definition) is 1. The van der Waals surface area contributed by atoms with Crippen molar-refractivity contribution in [1.82, 2.24) is 15.5 Å². The van der Waals surface area contributed by atoms with E-state index < -0.39 is 0 Å². The molecule has 1 fully saturated rings. The molecule has 0 aromatic carbocycles. The molecule has 1 amide bonds. The Morgan fingerprint density at radius 2 is 2.47 bits per heavy atom. The number of nitrogens with zero attached hydrogens (tertiary/aromatic N) is 2. The van der Waals surface area contributed by atoms with Crippen molar-refractivity contribution < 1.29 is 9.53 Å². The number of nitrogens with one attached hydrogen (secondary N) is 1. The first kappa shape index (κ1) is 12.4. The van der Waals surface area contributed by atoms with Gasteiger partial charge in [0, 0.05) is 32.6 Å². The molecule has 1 atom stereocenters. The summed E-state index contributed by atoms with van der Waals surface area (Å²) in [7, 11) is 0. The fraction of sp³-hybridized carbons (Fsp3) is 0.727. The van der Waals surface area contributed by atoms with Gasteiger partial charge in [0.1, 0.15) is 10.0 Å². The molecule has 0 saturated carbocycles. The van der Waals surface area contributed by atoms with Crippen LogP contribution in [0.4, 0.5) is 0 Å². The zero-order valence-corrected chi connectivity index (χ0v) is 10.8. The largest absolute Gasteiger partial charge is 0.381 e. The van der Waals surface area contributed by atoms with Crippen LogP contribution in [0.2, 0.25) is 0 Å². The van der Waals surface area contributed by atoms with Crippen molar-refractivity contribution >= 4 is 17.2 Å². The summed E-state index contributed by atoms with van der Waals surface area (Å²) < 4.78 is 5.24. The Balaban J connectivity index is 1.62. The van der Waals surface area contributed by atoms with Crippen molar-refractivity contribution in [3.8, 4) is 0 Å². The van der Waals surface area contributed by atoms with E-state index in [0.717, 1.165) is 36.1 Å². The Kier molecular flexibility index (Phi) is 4.44. The first-order chi connectivity index (χ1) is 8.24. The molecule has 1 aliphatic heterocycles. The van der Waals surface area contributed by atoms with Gasteiger partial charge in [0.25, 0.3) is 0 Å². The van der Waals surface area contributed by atoms with Crippen LogP contribution in [0.3, 0.4) is 0 Å². The third-order valence-corrected chi connectivity index (χ3v) is 3.63. The average Bonchev–Trinajstić information content (AvgIpc) is 2.90. The second-order valence-corrected chi connectivity index (χ2v) is 5.51. The van der Waals surface area contributed by atoms with Gasteiger partial charge in [-0.25, -0.2) is 0 Å². The maximum Gasteiger partial charge on any atom is 0.220 e. The van der Waals surface area contributed by atoms with E-state index in [9.17, 15) is 4.79 Å². The van der Waals surface area contributed by atoms with E-state index >= 15 is 0 Å². The van der Waals surface area contributed by atoms with E-state index in [1.165, 1.54) is 0 Å². The molecule has 94 valence electrons. The van der Waals surface area contributed by atoms with Crippen LogP contribution in [0.15, 0.2) is 0 Å². The molecule has 1 saturated heterocycles. The van der Waals surface area contributed by atoms with Gasteiger partial charge in [-0.3, -0.25) is 4.79 Å². The van der Waals surface area contributed by atoms with Gasteiger partial charge in [0.05, 0.1) is 0 Å². The molecule has 6 heteroatoms. The third-order valence-electron chi connectivity index (χ3n) is 2.73. The molecule has 2 heterocycles. The van der Waals surface area contributed by atoms with E-state index in [2.05, 4.69) is 15.5 Å². The first-order valence-electron chi connectivity index (χ1n) is 5.87. The summed E-state index contributed by atoms with van der Waals surface area (Å²) in [5.74, 6) is 0.514. The van der Waals surface area contributed by atoms with Crippen molar-refractivity contribution in [3.63, 3.8) is 0 Å². The summed E-state index contributed by atoms with van der Waals surface area (Å²) in [4.78, 5) is 11.6. The molecule has 2 rings (SSSR count). The number of carbonyl (C=O) groups excluding carboxylic acids is 1. The number of aromatic nitrogens is 2. The summed E-state index contributed by atoms with van der Waals surface area (Å²) >= 11 is 1.58. The Morgan fingerprint density at radius 3 is 3.12 bits per heavy atom. The SMILES string of the molecule is Cc1nnc(CCNC(=O)CC2CCOC2)s1. The average molecular weight is 255 g/mol. The highest BCUT2D eigenvalue weighted by Crippen LogP contribution is 2.15. The highest BCUT2D eigenvalue weighted by molar-refractivity contribution is 7.11. The zero-order chi connectivity index (χ0) is 12.1. The number of carbonyl (C=O) groups is 1. The van der Waals surface area contributed by atoms with Crippen LogP contribution in [0.25, 0.3) is 0 Å². The van der Waals surface area contributed by atoms with Gasteiger partial charge in [-0.05, 0) is 19.3 Å². The van der Waals surface area contributed by atoms with E-state index in [0.29, 0.717) is 18.9 Å². The predicted octanol–water partition coefficient (Wildman–Crippen LogP) is 0.932. The number of rotatable bonds is 5. The van der Waals surface area contributed by atoms with Crippen LogP contribution < -0.4 is 5.32 Å². The van der Waals surface area contributed by atoms with E-state index in [-0.39, 0.29) is 5.91 Å². The van der Waals surface area contributed by atoms with Crippen LogP contribution >= 0.6 is 11.3 Å². The summed E-state index contributed by atoms with van der Waals surface area (Å²) in [6.07, 6.45) is 2.34. The van der Waals surface area contributed by atoms with Crippen LogP contribution in [-0.4, -0.2) is 35.9 Å². The molecular weight excluding hydrogens is 238 g/mol. The second-order valence-electron chi connectivity index (χ2n) is 4.25. The fourth-order valence-corrected chi connectivity index (χ4v) is 2.53. The lowest BCUT2D eigenvalue weighted by atomic mass is 10.1. The number of ether oxygens (including phenoxy) is 1. The van der Waals surface area contributed by atoms with Crippen LogP contribution in [0.5, 0.6) is 0 Å². The minimum absolute atomic E-state index is 0.113. The van der Waals surface area contributed by atoms with Crippen molar-refractivity contribution in [2.24, 2.45) is 5.92 Å². The highest BCUT2D eigenvalue weighted by Gasteiger charge is 2.18. The van der Waals surface area contributed by atoms with Crippen LogP contribution in [0.1, 0.15) is 22.9 Å². The van der Waals surface area contributed by atoms with Gasteiger partial charge in [0.15, 0.2) is 0 Å². The summed E-state index contributed by atoms with van der Waals surface area (Å²) in [5.41, 5.74) is 0. The molecule has 1 aliphatic rings. The highest BCUT2D eigenvalue weighted by atomic mass is 32.1. The minimum atomic E-state index is 0.113. The summed E-state index contributed by atoms with van der Waals surface area (Å²) in [6.45, 7) is 4.09. The van der Waals surface area contributed by atoms with Crippen molar-refractivity contribution in [1.29, 1.82) is 0 Å². The monoisotopic (exact) mass is 255 g/mol. The molecule has 17 heavy (non-hydrogen) atoms. The van der Waals surface area contributed by atoms with Crippen LogP contribution in [0, 0.1) is 12.8 Å². The maximum absolute atomic E-state index is 11.6. The van der Waals surface area contributed by atoms with Gasteiger partial charge >= 0.3 is 0 Å². The third kappa shape index (κ3) is 4.05. The standard InChI is InChI=1S/C11H17N3O2S/c1-8-13-14-11(17-8)2-4-12-10(15)6-9-3-5-16-7-9/h9H,2-7H2,1H3,(H,12,15). The summed E-state index contributed by atoms with van der Waals surface area (Å²) in [5, 5.41) is 12.8. The molecule has 1 unspecified atom stereocenters. The predicted molar refractivity (Wildman–Crippen MR) is 64.9 cm³/mol. The van der Waals surface area contributed by atoms with Gasteiger partial charge < -0.3 is 10.1 Å². The molecule has 0 bridgehead atoms. The second kappa shape index (κ2) is 6.07. The molecule has 1 N–H and O–H groups in total. The van der Waals surface area contributed by atoms with Crippen LogP contribution in [-0.2, 0) is 16.0 Å². The quantitative estimate of drug-likeness (QED) is 0.850. The topological polar surface area (TPSA) is 64.1 Å². The van der Waals surface area contributed by atoms with Crippen molar-refractivity contribution in [3.05, 3.63) is 10.0 Å². The number of hydrogen-bond acceptors (Lipinski definition) is 5. The van der Waals surface area contributed by atoms with Gasteiger partial charge in [-0.15, -0.1) is 21.5 Å². The van der Waals surface area contributed by atoms with E-state index in [1.54, 1.807) is 11.3 Å². The molecule has 5 nitrogen and oxygen atoms in total. The molecule has 1 aromatic rings. The summed E-state index contributed by atoms with van der Waals surface area (Å²) in [6, 6.07) is 0. The van der Waals surface area contributed by atoms with Crippen molar-refractivity contribution in [2.75, 3.05) is 19.8 Å². The smallest absolute Gasteiger partial charge is 0.220 e. The van der Waals surface area contributed by atoms with Gasteiger partial charge in [0.2, 0.25) is 5.91 Å². The van der Waals surface area contributed by atoms with Crippen molar-refractivity contribution in [2.45, 2.75) is 26.2 Å². The minimum Gasteiger partial charge on any atom is -0.381 e. The molecule has 0 spiro atoms. The number of aryl methyl sites for hydroxylation is 1. The normalized spacial score (nSPS) is 19.5. The Morgan fingerprint density at radius 1 is 1.59 bits per heavy atom.